The summed E-state index contributed by atoms with van der Waals surface area (Å²) in [6, 6.07) is 0. The lowest BCUT2D eigenvalue weighted by atomic mass is 9.82. The fourth-order valence-electron chi connectivity index (χ4n) is 2.22. The van der Waals surface area contributed by atoms with Crippen molar-refractivity contribution in [1.82, 2.24) is 10.1 Å². The van der Waals surface area contributed by atoms with Crippen molar-refractivity contribution in [2.75, 3.05) is 0 Å². The first-order chi connectivity index (χ1) is 7.47. The first kappa shape index (κ1) is 11.6. The van der Waals surface area contributed by atoms with Gasteiger partial charge in [-0.15, -0.1) is 0 Å². The molecule has 0 N–H and O–H groups in total. The predicted molar refractivity (Wildman–Crippen MR) is 63.4 cm³/mol. The minimum Gasteiger partial charge on any atom is -0.339 e. The van der Waals surface area contributed by atoms with Crippen LogP contribution in [-0.4, -0.2) is 10.1 Å². The van der Waals surface area contributed by atoms with Gasteiger partial charge in [0.05, 0.1) is 0 Å². The molecule has 1 aliphatic carbocycles. The lowest BCUT2D eigenvalue weighted by molar-refractivity contribution is 0.305. The van der Waals surface area contributed by atoms with Gasteiger partial charge in [0, 0.05) is 11.3 Å². The Morgan fingerprint density at radius 1 is 1.12 bits per heavy atom. The van der Waals surface area contributed by atoms with Gasteiger partial charge in [-0.1, -0.05) is 45.7 Å². The average Bonchev–Trinajstić information content (AvgIpc) is 2.67. The van der Waals surface area contributed by atoms with Gasteiger partial charge in [0.15, 0.2) is 5.82 Å². The second kappa shape index (κ2) is 4.19. The molecule has 0 amide bonds. The standard InChI is InChI=1S/C13H22N2O/c1-9-5-7-10(8-6-9)11-14-12(16-15-11)13(2,3)4/h9-10H,5-8H2,1-4H3/t9-,10-. The predicted octanol–water partition coefficient (Wildman–Crippen LogP) is 3.66. The highest BCUT2D eigenvalue weighted by Gasteiger charge is 2.27. The molecular formula is C13H22N2O. The molecule has 0 aromatic carbocycles. The molecule has 3 nitrogen and oxygen atoms in total. The van der Waals surface area contributed by atoms with Gasteiger partial charge in [-0.25, -0.2) is 0 Å². The molecule has 1 aromatic heterocycles. The van der Waals surface area contributed by atoms with Gasteiger partial charge in [-0.3, -0.25) is 0 Å². The largest absolute Gasteiger partial charge is 0.339 e. The van der Waals surface area contributed by atoms with E-state index in [-0.39, 0.29) is 5.41 Å². The van der Waals surface area contributed by atoms with E-state index in [0.717, 1.165) is 17.6 Å². The van der Waals surface area contributed by atoms with Crippen LogP contribution in [-0.2, 0) is 5.41 Å². The Kier molecular flexibility index (Phi) is 3.04. The Balaban J connectivity index is 2.08. The van der Waals surface area contributed by atoms with E-state index in [1.165, 1.54) is 25.7 Å². The average molecular weight is 222 g/mol. The van der Waals surface area contributed by atoms with E-state index in [4.69, 9.17) is 4.52 Å². The van der Waals surface area contributed by atoms with E-state index in [9.17, 15) is 0 Å². The van der Waals surface area contributed by atoms with Crippen molar-refractivity contribution in [2.45, 2.75) is 64.7 Å². The lowest BCUT2D eigenvalue weighted by Crippen LogP contribution is -2.14. The minimum atomic E-state index is -0.0345. The van der Waals surface area contributed by atoms with Crippen LogP contribution in [0.2, 0.25) is 0 Å². The van der Waals surface area contributed by atoms with Crippen molar-refractivity contribution in [3.8, 4) is 0 Å². The molecule has 1 saturated carbocycles. The third kappa shape index (κ3) is 2.45. The van der Waals surface area contributed by atoms with Crippen LogP contribution in [0.15, 0.2) is 4.52 Å². The van der Waals surface area contributed by atoms with Crippen LogP contribution in [0.3, 0.4) is 0 Å². The molecule has 90 valence electrons. The number of nitrogens with zero attached hydrogens (tertiary/aromatic N) is 2. The van der Waals surface area contributed by atoms with E-state index >= 15 is 0 Å². The van der Waals surface area contributed by atoms with Crippen molar-refractivity contribution >= 4 is 0 Å². The molecule has 0 spiro atoms. The van der Waals surface area contributed by atoms with E-state index < -0.39 is 0 Å². The van der Waals surface area contributed by atoms with E-state index in [0.29, 0.717) is 5.92 Å². The molecule has 0 bridgehead atoms. The quantitative estimate of drug-likeness (QED) is 0.728. The third-order valence-corrected chi connectivity index (χ3v) is 3.46. The minimum absolute atomic E-state index is 0.0345. The van der Waals surface area contributed by atoms with Crippen LogP contribution < -0.4 is 0 Å². The summed E-state index contributed by atoms with van der Waals surface area (Å²) in [6.07, 6.45) is 5.02. The second-order valence-electron chi connectivity index (χ2n) is 6.16. The van der Waals surface area contributed by atoms with Gasteiger partial charge in [0.1, 0.15) is 0 Å². The number of hydrogen-bond donors (Lipinski definition) is 0. The number of hydrogen-bond acceptors (Lipinski definition) is 3. The Bertz CT molecular complexity index is 343. The van der Waals surface area contributed by atoms with Gasteiger partial charge < -0.3 is 4.52 Å². The Labute approximate surface area is 97.6 Å². The van der Waals surface area contributed by atoms with Crippen molar-refractivity contribution in [1.29, 1.82) is 0 Å². The van der Waals surface area contributed by atoms with Gasteiger partial charge in [-0.2, -0.15) is 4.98 Å². The molecule has 0 saturated heterocycles. The van der Waals surface area contributed by atoms with Crippen molar-refractivity contribution in [3.05, 3.63) is 11.7 Å². The first-order valence-electron chi connectivity index (χ1n) is 6.31. The SMILES string of the molecule is CC(C)(C)c1nc([C@H]2CC[C@H](C)CC2)no1. The lowest BCUT2D eigenvalue weighted by Gasteiger charge is -2.23. The van der Waals surface area contributed by atoms with E-state index in [1.807, 2.05) is 0 Å². The van der Waals surface area contributed by atoms with Crippen molar-refractivity contribution < 1.29 is 4.52 Å². The smallest absolute Gasteiger partial charge is 0.232 e. The molecule has 0 unspecified atom stereocenters. The monoisotopic (exact) mass is 222 g/mol. The first-order valence-corrected chi connectivity index (χ1v) is 6.31. The zero-order valence-corrected chi connectivity index (χ0v) is 10.8. The normalized spacial score (nSPS) is 27.0. The summed E-state index contributed by atoms with van der Waals surface area (Å²) < 4.78 is 5.35. The summed E-state index contributed by atoms with van der Waals surface area (Å²) in [5, 5.41) is 4.15. The zero-order chi connectivity index (χ0) is 11.8. The molecular weight excluding hydrogens is 200 g/mol. The molecule has 0 aliphatic heterocycles. The van der Waals surface area contributed by atoms with E-state index in [1.54, 1.807) is 0 Å². The third-order valence-electron chi connectivity index (χ3n) is 3.46. The summed E-state index contributed by atoms with van der Waals surface area (Å²) >= 11 is 0. The van der Waals surface area contributed by atoms with Crippen LogP contribution in [0.1, 0.15) is 71.0 Å². The fourth-order valence-corrected chi connectivity index (χ4v) is 2.22. The highest BCUT2D eigenvalue weighted by atomic mass is 16.5. The fraction of sp³-hybridized carbons (Fsp3) is 0.846. The van der Waals surface area contributed by atoms with Gasteiger partial charge >= 0.3 is 0 Å². The van der Waals surface area contributed by atoms with Crippen molar-refractivity contribution in [2.24, 2.45) is 5.92 Å². The molecule has 0 atom stereocenters. The van der Waals surface area contributed by atoms with Crippen molar-refractivity contribution in [3.63, 3.8) is 0 Å². The highest BCUT2D eigenvalue weighted by molar-refractivity contribution is 5.02. The Morgan fingerprint density at radius 3 is 2.25 bits per heavy atom. The van der Waals surface area contributed by atoms with Gasteiger partial charge in [0.2, 0.25) is 5.89 Å². The number of aromatic nitrogens is 2. The maximum Gasteiger partial charge on any atom is 0.232 e. The van der Waals surface area contributed by atoms with Gasteiger partial charge in [-0.05, 0) is 18.8 Å². The molecule has 16 heavy (non-hydrogen) atoms. The van der Waals surface area contributed by atoms with Crippen LogP contribution >= 0.6 is 0 Å². The molecule has 1 aromatic rings. The topological polar surface area (TPSA) is 38.9 Å². The molecule has 3 heteroatoms. The molecule has 1 heterocycles. The summed E-state index contributed by atoms with van der Waals surface area (Å²) in [4.78, 5) is 4.55. The molecule has 0 radical (unpaired) electrons. The Morgan fingerprint density at radius 2 is 1.75 bits per heavy atom. The zero-order valence-electron chi connectivity index (χ0n) is 10.8. The van der Waals surface area contributed by atoms with Crippen LogP contribution in [0.5, 0.6) is 0 Å². The van der Waals surface area contributed by atoms with Gasteiger partial charge in [0.25, 0.3) is 0 Å². The summed E-state index contributed by atoms with van der Waals surface area (Å²) in [5.41, 5.74) is -0.0345. The maximum atomic E-state index is 5.35. The number of rotatable bonds is 1. The second-order valence-corrected chi connectivity index (χ2v) is 6.16. The van der Waals surface area contributed by atoms with Crippen LogP contribution in [0.4, 0.5) is 0 Å². The maximum absolute atomic E-state index is 5.35. The molecule has 1 aliphatic rings. The summed E-state index contributed by atoms with van der Waals surface area (Å²) in [7, 11) is 0. The van der Waals surface area contributed by atoms with E-state index in [2.05, 4.69) is 37.8 Å². The highest BCUT2D eigenvalue weighted by Crippen LogP contribution is 2.34. The van der Waals surface area contributed by atoms with Crippen LogP contribution in [0.25, 0.3) is 0 Å². The molecule has 2 rings (SSSR count). The Hall–Kier alpha value is -0.860. The summed E-state index contributed by atoms with van der Waals surface area (Å²) in [5.74, 6) is 3.08. The van der Waals surface area contributed by atoms with Crippen LogP contribution in [0, 0.1) is 5.92 Å². The summed E-state index contributed by atoms with van der Waals surface area (Å²) in [6.45, 7) is 8.64. The molecule has 1 fully saturated rings.